The highest BCUT2D eigenvalue weighted by molar-refractivity contribution is 6.30. The first-order valence-corrected chi connectivity index (χ1v) is 10.4. The molecule has 8 heteroatoms. The third-order valence-corrected chi connectivity index (χ3v) is 5.07. The van der Waals surface area contributed by atoms with Crippen molar-refractivity contribution >= 4 is 40.2 Å². The molecule has 0 spiro atoms. The second kappa shape index (κ2) is 8.15. The normalized spacial score (nSPS) is 14.8. The summed E-state index contributed by atoms with van der Waals surface area (Å²) in [5, 5.41) is 2.34. The van der Waals surface area contributed by atoms with Gasteiger partial charge in [-0.1, -0.05) is 35.9 Å². The molecule has 0 radical (unpaired) electrons. The maximum absolute atomic E-state index is 12.8. The van der Waals surface area contributed by atoms with Gasteiger partial charge in [-0.3, -0.25) is 14.6 Å². The molecule has 2 aromatic heterocycles. The van der Waals surface area contributed by atoms with Crippen LogP contribution < -0.4 is 4.90 Å². The highest BCUT2D eigenvalue weighted by atomic mass is 35.5. The summed E-state index contributed by atoms with van der Waals surface area (Å²) in [6.45, 7) is 6.03. The van der Waals surface area contributed by atoms with Gasteiger partial charge in [-0.15, -0.1) is 0 Å². The minimum atomic E-state index is -0.611. The topological polar surface area (TPSA) is 75.6 Å². The molecule has 0 aliphatic carbocycles. The first-order chi connectivity index (χ1) is 14.7. The SMILES string of the molecule is CC(C)(C)OC(=O)N1CCN(c2cc(-c3nc(Cl)cc4ccccc34)ccn2)C(=O)C1. The maximum Gasteiger partial charge on any atom is 0.410 e. The van der Waals surface area contributed by atoms with E-state index in [-0.39, 0.29) is 12.5 Å². The minimum Gasteiger partial charge on any atom is -0.444 e. The monoisotopic (exact) mass is 438 g/mol. The van der Waals surface area contributed by atoms with Gasteiger partial charge in [0.15, 0.2) is 0 Å². The molecule has 1 fully saturated rings. The lowest BCUT2D eigenvalue weighted by molar-refractivity contribution is -0.121. The lowest BCUT2D eigenvalue weighted by Gasteiger charge is -2.34. The number of fused-ring (bicyclic) bond motifs is 1. The third kappa shape index (κ3) is 4.61. The fourth-order valence-corrected chi connectivity index (χ4v) is 3.70. The number of benzene rings is 1. The van der Waals surface area contributed by atoms with E-state index < -0.39 is 11.7 Å². The summed E-state index contributed by atoms with van der Waals surface area (Å²) in [6, 6.07) is 13.4. The summed E-state index contributed by atoms with van der Waals surface area (Å²) in [6.07, 6.45) is 1.16. The highest BCUT2D eigenvalue weighted by Gasteiger charge is 2.31. The number of rotatable bonds is 2. The quantitative estimate of drug-likeness (QED) is 0.549. The Kier molecular flexibility index (Phi) is 5.54. The van der Waals surface area contributed by atoms with Gasteiger partial charge in [0, 0.05) is 30.2 Å². The lowest BCUT2D eigenvalue weighted by atomic mass is 10.0. The van der Waals surface area contributed by atoms with Crippen molar-refractivity contribution in [1.29, 1.82) is 0 Å². The average molecular weight is 439 g/mol. The predicted octanol–water partition coefficient (Wildman–Crippen LogP) is 4.53. The number of hydrogen-bond acceptors (Lipinski definition) is 5. The summed E-state index contributed by atoms with van der Waals surface area (Å²) >= 11 is 6.24. The maximum atomic E-state index is 12.8. The van der Waals surface area contributed by atoms with Gasteiger partial charge in [-0.05, 0) is 44.4 Å². The van der Waals surface area contributed by atoms with E-state index >= 15 is 0 Å². The summed E-state index contributed by atoms with van der Waals surface area (Å²) in [5.41, 5.74) is 0.928. The second-order valence-electron chi connectivity index (χ2n) is 8.36. The number of aromatic nitrogens is 2. The lowest BCUT2D eigenvalue weighted by Crippen LogP contribution is -2.53. The summed E-state index contributed by atoms with van der Waals surface area (Å²) < 4.78 is 5.38. The van der Waals surface area contributed by atoms with Crippen molar-refractivity contribution in [1.82, 2.24) is 14.9 Å². The molecular weight excluding hydrogens is 416 g/mol. The van der Waals surface area contributed by atoms with Crippen molar-refractivity contribution in [2.75, 3.05) is 24.5 Å². The van der Waals surface area contributed by atoms with Crippen molar-refractivity contribution in [3.8, 4) is 11.3 Å². The Hall–Kier alpha value is -3.19. The molecule has 3 heterocycles. The molecule has 160 valence electrons. The molecule has 1 saturated heterocycles. The first-order valence-electron chi connectivity index (χ1n) is 10.0. The number of anilines is 1. The van der Waals surface area contributed by atoms with Crippen LogP contribution in [-0.2, 0) is 9.53 Å². The number of piperazine rings is 1. The Morgan fingerprint density at radius 1 is 1.13 bits per heavy atom. The Labute approximate surface area is 185 Å². The molecule has 0 bridgehead atoms. The number of hydrogen-bond donors (Lipinski definition) is 0. The third-order valence-electron chi connectivity index (χ3n) is 4.88. The molecule has 7 nitrogen and oxygen atoms in total. The number of pyridine rings is 2. The van der Waals surface area contributed by atoms with Crippen LogP contribution in [0.2, 0.25) is 5.15 Å². The Bertz CT molecular complexity index is 1160. The molecule has 3 aromatic rings. The molecule has 0 atom stereocenters. The van der Waals surface area contributed by atoms with Crippen LogP contribution in [0.25, 0.3) is 22.0 Å². The number of amides is 2. The van der Waals surface area contributed by atoms with Crippen LogP contribution in [0.15, 0.2) is 48.7 Å². The van der Waals surface area contributed by atoms with Gasteiger partial charge in [-0.25, -0.2) is 14.8 Å². The minimum absolute atomic E-state index is 0.0564. The number of halogens is 1. The largest absolute Gasteiger partial charge is 0.444 e. The Morgan fingerprint density at radius 2 is 1.90 bits per heavy atom. The van der Waals surface area contributed by atoms with Crippen molar-refractivity contribution in [3.63, 3.8) is 0 Å². The molecule has 1 aliphatic heterocycles. The fourth-order valence-electron chi connectivity index (χ4n) is 3.50. The molecule has 0 N–H and O–H groups in total. The highest BCUT2D eigenvalue weighted by Crippen LogP contribution is 2.31. The molecule has 1 aromatic carbocycles. The van der Waals surface area contributed by atoms with Crippen LogP contribution in [0.3, 0.4) is 0 Å². The molecule has 31 heavy (non-hydrogen) atoms. The zero-order valence-corrected chi connectivity index (χ0v) is 18.4. The van der Waals surface area contributed by atoms with Crippen LogP contribution in [0.5, 0.6) is 0 Å². The Morgan fingerprint density at radius 3 is 2.65 bits per heavy atom. The van der Waals surface area contributed by atoms with Crippen molar-refractivity contribution in [3.05, 3.63) is 53.8 Å². The second-order valence-corrected chi connectivity index (χ2v) is 8.75. The molecule has 4 rings (SSSR count). The standard InChI is InChI=1S/C23H23ClN4O3/c1-23(2,3)31-22(30)27-10-11-28(20(29)14-27)19-13-16(8-9-25-19)21-17-7-5-4-6-15(17)12-18(24)26-21/h4-9,12-13H,10-11,14H2,1-3H3. The first kappa shape index (κ1) is 21.1. The summed E-state index contributed by atoms with van der Waals surface area (Å²) in [7, 11) is 0. The fraction of sp³-hybridized carbons (Fsp3) is 0.304. The van der Waals surface area contributed by atoms with E-state index in [0.29, 0.717) is 24.1 Å². The summed E-state index contributed by atoms with van der Waals surface area (Å²) in [4.78, 5) is 37.0. The Balaban J connectivity index is 1.59. The van der Waals surface area contributed by atoms with Crippen LogP contribution >= 0.6 is 11.6 Å². The van der Waals surface area contributed by atoms with Crippen LogP contribution in [0, 0.1) is 0 Å². The van der Waals surface area contributed by atoms with E-state index in [9.17, 15) is 9.59 Å². The van der Waals surface area contributed by atoms with E-state index in [4.69, 9.17) is 16.3 Å². The smallest absolute Gasteiger partial charge is 0.410 e. The zero-order chi connectivity index (χ0) is 22.2. The van der Waals surface area contributed by atoms with Gasteiger partial charge in [0.1, 0.15) is 23.1 Å². The predicted molar refractivity (Wildman–Crippen MR) is 120 cm³/mol. The molecule has 2 amide bonds. The zero-order valence-electron chi connectivity index (χ0n) is 17.6. The van der Waals surface area contributed by atoms with Gasteiger partial charge in [0.2, 0.25) is 5.91 Å². The van der Waals surface area contributed by atoms with Crippen molar-refractivity contribution in [2.24, 2.45) is 0 Å². The van der Waals surface area contributed by atoms with Crippen molar-refractivity contribution in [2.45, 2.75) is 26.4 Å². The number of carbonyl (C=O) groups excluding carboxylic acids is 2. The van der Waals surface area contributed by atoms with Crippen LogP contribution in [-0.4, -0.2) is 52.1 Å². The summed E-state index contributed by atoms with van der Waals surface area (Å²) in [5.74, 6) is 0.294. The van der Waals surface area contributed by atoms with Gasteiger partial charge in [0.25, 0.3) is 0 Å². The van der Waals surface area contributed by atoms with E-state index in [0.717, 1.165) is 22.0 Å². The number of ether oxygens (including phenoxy) is 1. The molecule has 0 saturated carbocycles. The van der Waals surface area contributed by atoms with Gasteiger partial charge < -0.3 is 4.74 Å². The van der Waals surface area contributed by atoms with Gasteiger partial charge in [-0.2, -0.15) is 0 Å². The number of nitrogens with zero attached hydrogens (tertiary/aromatic N) is 4. The van der Waals surface area contributed by atoms with E-state index in [2.05, 4.69) is 9.97 Å². The van der Waals surface area contributed by atoms with Crippen LogP contribution in [0.4, 0.5) is 10.6 Å². The van der Waals surface area contributed by atoms with Crippen molar-refractivity contribution < 1.29 is 14.3 Å². The molecule has 1 aliphatic rings. The van der Waals surface area contributed by atoms with E-state index in [1.807, 2.05) is 42.5 Å². The van der Waals surface area contributed by atoms with Crippen LogP contribution in [0.1, 0.15) is 20.8 Å². The molecule has 0 unspecified atom stereocenters. The average Bonchev–Trinajstić information content (AvgIpc) is 2.72. The molecular formula is C23H23ClN4O3. The van der Waals surface area contributed by atoms with Gasteiger partial charge in [0.05, 0.1) is 5.69 Å². The van der Waals surface area contributed by atoms with E-state index in [1.54, 1.807) is 31.9 Å². The van der Waals surface area contributed by atoms with Gasteiger partial charge >= 0.3 is 6.09 Å². The van der Waals surface area contributed by atoms with E-state index in [1.165, 1.54) is 4.90 Å². The number of carbonyl (C=O) groups is 2.